The van der Waals surface area contributed by atoms with Gasteiger partial charge in [0.05, 0.1) is 6.61 Å². The van der Waals surface area contributed by atoms with Crippen LogP contribution in [0, 0.1) is 0 Å². The molecule has 164 valence electrons. The zero-order chi connectivity index (χ0) is 21.2. The van der Waals surface area contributed by atoms with Crippen molar-refractivity contribution in [2.45, 2.75) is 65.5 Å². The van der Waals surface area contributed by atoms with E-state index in [0.717, 1.165) is 68.8 Å². The number of fused-ring (bicyclic) bond motifs is 1. The van der Waals surface area contributed by atoms with Crippen LogP contribution < -0.4 is 10.1 Å². The van der Waals surface area contributed by atoms with Gasteiger partial charge in [0.1, 0.15) is 17.4 Å². The second kappa shape index (κ2) is 11.6. The van der Waals surface area contributed by atoms with Crippen LogP contribution >= 0.6 is 0 Å². The van der Waals surface area contributed by atoms with Crippen molar-refractivity contribution < 1.29 is 4.74 Å². The number of hydrogen-bond donors (Lipinski definition) is 1. The van der Waals surface area contributed by atoms with Crippen molar-refractivity contribution >= 4 is 5.96 Å². The first-order valence-electron chi connectivity index (χ1n) is 11.3. The Morgan fingerprint density at radius 1 is 1.17 bits per heavy atom. The van der Waals surface area contributed by atoms with Gasteiger partial charge < -0.3 is 19.5 Å². The SMILES string of the molecule is CCNC(=NCCCc1nnc2n1CCCCC2)N(C)Cc1ccc(OCC)cc1. The van der Waals surface area contributed by atoms with Gasteiger partial charge in [0, 0.05) is 46.1 Å². The number of aliphatic imine (C=N–C) groups is 1. The Hall–Kier alpha value is -2.57. The van der Waals surface area contributed by atoms with Gasteiger partial charge in [0.15, 0.2) is 5.96 Å². The van der Waals surface area contributed by atoms with E-state index in [9.17, 15) is 0 Å². The highest BCUT2D eigenvalue weighted by Crippen LogP contribution is 2.16. The maximum atomic E-state index is 5.53. The first-order valence-corrected chi connectivity index (χ1v) is 11.3. The van der Waals surface area contributed by atoms with Crippen LogP contribution in [0.25, 0.3) is 0 Å². The van der Waals surface area contributed by atoms with Crippen LogP contribution in [0.15, 0.2) is 29.3 Å². The quantitative estimate of drug-likeness (QED) is 0.388. The molecular formula is C23H36N6O. The molecule has 0 unspecified atom stereocenters. The number of benzene rings is 1. The topological polar surface area (TPSA) is 67.6 Å². The van der Waals surface area contributed by atoms with E-state index in [4.69, 9.17) is 9.73 Å². The van der Waals surface area contributed by atoms with Gasteiger partial charge in [-0.25, -0.2) is 0 Å². The monoisotopic (exact) mass is 412 g/mol. The summed E-state index contributed by atoms with van der Waals surface area (Å²) >= 11 is 0. The largest absolute Gasteiger partial charge is 0.494 e. The third-order valence-electron chi connectivity index (χ3n) is 5.36. The molecule has 1 aromatic carbocycles. The van der Waals surface area contributed by atoms with Crippen molar-refractivity contribution in [3.8, 4) is 5.75 Å². The summed E-state index contributed by atoms with van der Waals surface area (Å²) in [7, 11) is 2.08. The Labute approximate surface area is 180 Å². The average Bonchev–Trinajstić information content (AvgIpc) is 2.97. The first kappa shape index (κ1) is 22.1. The summed E-state index contributed by atoms with van der Waals surface area (Å²) < 4.78 is 7.86. The number of guanidine groups is 1. The van der Waals surface area contributed by atoms with Crippen LogP contribution in [0.4, 0.5) is 0 Å². The molecule has 0 fully saturated rings. The van der Waals surface area contributed by atoms with Crippen molar-refractivity contribution in [3.63, 3.8) is 0 Å². The van der Waals surface area contributed by atoms with E-state index in [1.165, 1.54) is 24.8 Å². The Bertz CT molecular complexity index is 799. The molecule has 2 aromatic rings. The zero-order valence-electron chi connectivity index (χ0n) is 18.7. The number of hydrogen-bond acceptors (Lipinski definition) is 4. The van der Waals surface area contributed by atoms with Crippen molar-refractivity contribution in [2.24, 2.45) is 4.99 Å². The fourth-order valence-electron chi connectivity index (χ4n) is 3.83. The maximum absolute atomic E-state index is 5.53. The number of aryl methyl sites for hydroxylation is 2. The maximum Gasteiger partial charge on any atom is 0.193 e. The van der Waals surface area contributed by atoms with E-state index >= 15 is 0 Å². The number of nitrogens with zero attached hydrogens (tertiary/aromatic N) is 5. The van der Waals surface area contributed by atoms with Crippen molar-refractivity contribution in [1.29, 1.82) is 0 Å². The van der Waals surface area contributed by atoms with Crippen LogP contribution in [0.5, 0.6) is 5.75 Å². The summed E-state index contributed by atoms with van der Waals surface area (Å²) in [6.45, 7) is 8.28. The highest BCUT2D eigenvalue weighted by molar-refractivity contribution is 5.79. The number of ether oxygens (including phenoxy) is 1. The lowest BCUT2D eigenvalue weighted by Crippen LogP contribution is -2.38. The van der Waals surface area contributed by atoms with E-state index in [2.05, 4.69) is 51.1 Å². The predicted molar refractivity (Wildman–Crippen MR) is 121 cm³/mol. The molecule has 1 N–H and O–H groups in total. The second-order valence-electron chi connectivity index (χ2n) is 7.77. The van der Waals surface area contributed by atoms with Gasteiger partial charge in [-0.05, 0) is 50.8 Å². The van der Waals surface area contributed by atoms with Gasteiger partial charge in [0.25, 0.3) is 0 Å². The minimum atomic E-state index is 0.689. The molecule has 30 heavy (non-hydrogen) atoms. The van der Waals surface area contributed by atoms with E-state index in [0.29, 0.717) is 6.61 Å². The lowest BCUT2D eigenvalue weighted by atomic mass is 10.2. The molecule has 1 aliphatic rings. The van der Waals surface area contributed by atoms with Crippen molar-refractivity contribution in [2.75, 3.05) is 26.7 Å². The molecular weight excluding hydrogens is 376 g/mol. The summed E-state index contributed by atoms with van der Waals surface area (Å²) in [5.41, 5.74) is 1.23. The summed E-state index contributed by atoms with van der Waals surface area (Å²) in [6, 6.07) is 8.28. The smallest absolute Gasteiger partial charge is 0.193 e. The summed E-state index contributed by atoms with van der Waals surface area (Å²) in [5.74, 6) is 4.13. The minimum absolute atomic E-state index is 0.689. The zero-order valence-corrected chi connectivity index (χ0v) is 18.7. The number of rotatable bonds is 9. The van der Waals surface area contributed by atoms with Crippen LogP contribution in [-0.4, -0.2) is 52.4 Å². The van der Waals surface area contributed by atoms with Gasteiger partial charge in [-0.15, -0.1) is 10.2 Å². The molecule has 7 heteroatoms. The molecule has 0 spiro atoms. The Morgan fingerprint density at radius 3 is 2.77 bits per heavy atom. The molecule has 2 heterocycles. The summed E-state index contributed by atoms with van der Waals surface area (Å²) in [6.07, 6.45) is 6.72. The van der Waals surface area contributed by atoms with E-state index in [-0.39, 0.29) is 0 Å². The molecule has 1 aliphatic heterocycles. The molecule has 0 radical (unpaired) electrons. The average molecular weight is 413 g/mol. The van der Waals surface area contributed by atoms with Gasteiger partial charge in [-0.1, -0.05) is 18.6 Å². The van der Waals surface area contributed by atoms with Crippen LogP contribution in [0.1, 0.15) is 56.7 Å². The van der Waals surface area contributed by atoms with Gasteiger partial charge in [-0.2, -0.15) is 0 Å². The van der Waals surface area contributed by atoms with Crippen molar-refractivity contribution in [1.82, 2.24) is 25.0 Å². The normalized spacial score (nSPS) is 14.2. The molecule has 0 saturated heterocycles. The van der Waals surface area contributed by atoms with E-state index in [1.54, 1.807) is 0 Å². The summed E-state index contributed by atoms with van der Waals surface area (Å²) in [5, 5.41) is 12.2. The molecule has 0 saturated carbocycles. The molecule has 0 aliphatic carbocycles. The Balaban J connectivity index is 1.53. The van der Waals surface area contributed by atoms with Gasteiger partial charge in [0.2, 0.25) is 0 Å². The van der Waals surface area contributed by atoms with E-state index in [1.807, 2.05) is 19.1 Å². The van der Waals surface area contributed by atoms with Crippen LogP contribution in [-0.2, 0) is 25.9 Å². The van der Waals surface area contributed by atoms with Gasteiger partial charge >= 0.3 is 0 Å². The predicted octanol–water partition coefficient (Wildman–Crippen LogP) is 3.43. The third kappa shape index (κ3) is 6.21. The standard InChI is InChI=1S/C23H36N6O/c1-4-24-23(28(3)18-19-12-14-20(15-13-19)30-5-2)25-16-9-11-22-27-26-21-10-7-6-8-17-29(21)22/h12-15H,4-11,16-18H2,1-3H3,(H,24,25). The highest BCUT2D eigenvalue weighted by atomic mass is 16.5. The van der Waals surface area contributed by atoms with Crippen LogP contribution in [0.2, 0.25) is 0 Å². The van der Waals surface area contributed by atoms with E-state index < -0.39 is 0 Å². The first-order chi connectivity index (χ1) is 14.7. The fourth-order valence-corrected chi connectivity index (χ4v) is 3.83. The third-order valence-corrected chi connectivity index (χ3v) is 5.36. The minimum Gasteiger partial charge on any atom is -0.494 e. The van der Waals surface area contributed by atoms with Crippen LogP contribution in [0.3, 0.4) is 0 Å². The molecule has 0 amide bonds. The Morgan fingerprint density at radius 2 is 2.00 bits per heavy atom. The molecule has 7 nitrogen and oxygen atoms in total. The van der Waals surface area contributed by atoms with Crippen molar-refractivity contribution in [3.05, 3.63) is 41.5 Å². The Kier molecular flexibility index (Phi) is 8.53. The molecule has 3 rings (SSSR count). The lowest BCUT2D eigenvalue weighted by molar-refractivity contribution is 0.340. The summed E-state index contributed by atoms with van der Waals surface area (Å²) in [4.78, 5) is 7.00. The molecule has 1 aromatic heterocycles. The fraction of sp³-hybridized carbons (Fsp3) is 0.609. The second-order valence-corrected chi connectivity index (χ2v) is 7.77. The van der Waals surface area contributed by atoms with Gasteiger partial charge in [-0.3, -0.25) is 4.99 Å². The molecule has 0 bridgehead atoms. The lowest BCUT2D eigenvalue weighted by Gasteiger charge is -2.22. The number of nitrogens with one attached hydrogen (secondary N) is 1. The molecule has 0 atom stereocenters. The number of aromatic nitrogens is 3. The highest BCUT2D eigenvalue weighted by Gasteiger charge is 2.14.